The lowest BCUT2D eigenvalue weighted by atomic mass is 9.91. The van der Waals surface area contributed by atoms with Crippen molar-refractivity contribution in [1.82, 2.24) is 19.8 Å². The van der Waals surface area contributed by atoms with Crippen LogP contribution in [0.25, 0.3) is 11.1 Å². The highest BCUT2D eigenvalue weighted by Gasteiger charge is 2.30. The molecule has 0 bridgehead atoms. The number of pyridine rings is 2. The van der Waals surface area contributed by atoms with Gasteiger partial charge in [-0.15, -0.1) is 0 Å². The second-order valence-electron chi connectivity index (χ2n) is 8.62. The van der Waals surface area contributed by atoms with Crippen molar-refractivity contribution >= 4 is 5.91 Å². The molecule has 1 aromatic carbocycles. The quantitative estimate of drug-likeness (QED) is 0.561. The first-order chi connectivity index (χ1) is 15.6. The van der Waals surface area contributed by atoms with Crippen molar-refractivity contribution in [2.75, 3.05) is 26.2 Å². The maximum absolute atomic E-state index is 13.5. The average Bonchev–Trinajstić information content (AvgIpc) is 2.94. The van der Waals surface area contributed by atoms with E-state index in [0.717, 1.165) is 62.5 Å². The van der Waals surface area contributed by atoms with Gasteiger partial charge in [0.25, 0.3) is 0 Å². The summed E-state index contributed by atoms with van der Waals surface area (Å²) in [4.78, 5) is 26.8. The zero-order valence-electron chi connectivity index (χ0n) is 19.1. The molecule has 1 fully saturated rings. The Bertz CT molecular complexity index is 1040. The van der Waals surface area contributed by atoms with Crippen LogP contribution < -0.4 is 0 Å². The Morgan fingerprint density at radius 1 is 1.00 bits per heavy atom. The fourth-order valence-electron chi connectivity index (χ4n) is 4.59. The van der Waals surface area contributed by atoms with Crippen LogP contribution in [0, 0.1) is 12.8 Å². The number of aromatic nitrogens is 2. The summed E-state index contributed by atoms with van der Waals surface area (Å²) in [7, 11) is 0. The third-order valence-electron chi connectivity index (χ3n) is 6.13. The minimum Gasteiger partial charge on any atom is -0.341 e. The van der Waals surface area contributed by atoms with Gasteiger partial charge in [-0.2, -0.15) is 0 Å². The first kappa shape index (κ1) is 22.2. The number of carbonyl (C=O) groups is 1. The number of benzene rings is 1. The van der Waals surface area contributed by atoms with Gasteiger partial charge in [-0.05, 0) is 60.7 Å². The first-order valence-corrected chi connectivity index (χ1v) is 11.6. The molecule has 0 radical (unpaired) electrons. The highest BCUT2D eigenvalue weighted by atomic mass is 16.2. The lowest BCUT2D eigenvalue weighted by Crippen LogP contribution is -2.37. The molecule has 1 amide bonds. The third-order valence-corrected chi connectivity index (χ3v) is 6.13. The highest BCUT2D eigenvalue weighted by Crippen LogP contribution is 2.27. The summed E-state index contributed by atoms with van der Waals surface area (Å²) in [5.74, 6) is 0.202. The normalized spacial score (nSPS) is 17.4. The van der Waals surface area contributed by atoms with E-state index in [2.05, 4.69) is 63.1 Å². The van der Waals surface area contributed by atoms with Crippen LogP contribution in [-0.2, 0) is 17.8 Å². The van der Waals surface area contributed by atoms with Crippen LogP contribution >= 0.6 is 0 Å². The minimum absolute atomic E-state index is 0.0724. The molecule has 5 nitrogen and oxygen atoms in total. The summed E-state index contributed by atoms with van der Waals surface area (Å²) in [6.45, 7) is 8.16. The van der Waals surface area contributed by atoms with Crippen LogP contribution in [0.2, 0.25) is 0 Å². The Labute approximate surface area is 191 Å². The third kappa shape index (κ3) is 5.40. The summed E-state index contributed by atoms with van der Waals surface area (Å²) >= 11 is 0. The maximum Gasteiger partial charge on any atom is 0.227 e. The van der Waals surface area contributed by atoms with E-state index in [0.29, 0.717) is 0 Å². The van der Waals surface area contributed by atoms with E-state index in [1.807, 2.05) is 37.5 Å². The first-order valence-electron chi connectivity index (χ1n) is 11.6. The summed E-state index contributed by atoms with van der Waals surface area (Å²) in [6.07, 6.45) is 5.35. The molecule has 32 heavy (non-hydrogen) atoms. The fraction of sp³-hybridized carbons (Fsp3) is 0.370. The van der Waals surface area contributed by atoms with Crippen LogP contribution in [0.15, 0.2) is 67.0 Å². The molecule has 0 aliphatic carbocycles. The van der Waals surface area contributed by atoms with Gasteiger partial charge in [0.1, 0.15) is 0 Å². The van der Waals surface area contributed by atoms with E-state index in [1.165, 1.54) is 11.1 Å². The van der Waals surface area contributed by atoms with Crippen LogP contribution in [0.1, 0.15) is 30.3 Å². The Morgan fingerprint density at radius 2 is 1.81 bits per heavy atom. The van der Waals surface area contributed by atoms with Crippen LogP contribution in [0.5, 0.6) is 0 Å². The van der Waals surface area contributed by atoms with Gasteiger partial charge in [-0.25, -0.2) is 0 Å². The topological polar surface area (TPSA) is 49.3 Å². The highest BCUT2D eigenvalue weighted by molar-refractivity contribution is 5.80. The van der Waals surface area contributed by atoms with Crippen LogP contribution in [0.3, 0.4) is 0 Å². The zero-order chi connectivity index (χ0) is 22.3. The predicted molar refractivity (Wildman–Crippen MR) is 128 cm³/mol. The van der Waals surface area contributed by atoms with Gasteiger partial charge >= 0.3 is 0 Å². The summed E-state index contributed by atoms with van der Waals surface area (Å²) < 4.78 is 0. The van der Waals surface area contributed by atoms with Gasteiger partial charge < -0.3 is 4.90 Å². The van der Waals surface area contributed by atoms with Crippen LogP contribution in [0.4, 0.5) is 0 Å². The van der Waals surface area contributed by atoms with E-state index in [9.17, 15) is 4.79 Å². The standard InChI is InChI=1S/C27H32N4O/c1-3-15-31-17-16-30(20-25-9-6-7-21(2)29-25)19-24(27(31)32)18-23-8-4-5-10-26(23)22-11-13-28-14-12-22/h4-14,24H,3,15-20H2,1-2H3. The number of rotatable bonds is 7. The minimum atomic E-state index is -0.0724. The Balaban J connectivity index is 1.59. The van der Waals surface area contributed by atoms with E-state index >= 15 is 0 Å². The molecule has 0 spiro atoms. The second kappa shape index (κ2) is 10.5. The monoisotopic (exact) mass is 428 g/mol. The zero-order valence-corrected chi connectivity index (χ0v) is 19.1. The maximum atomic E-state index is 13.5. The lowest BCUT2D eigenvalue weighted by Gasteiger charge is -2.24. The molecule has 5 heteroatoms. The summed E-state index contributed by atoms with van der Waals surface area (Å²) in [6, 6.07) is 18.7. The van der Waals surface area contributed by atoms with Gasteiger partial charge in [-0.1, -0.05) is 37.3 Å². The van der Waals surface area contributed by atoms with E-state index < -0.39 is 0 Å². The number of aryl methyl sites for hydroxylation is 1. The summed E-state index contributed by atoms with van der Waals surface area (Å²) in [5, 5.41) is 0. The number of hydrogen-bond acceptors (Lipinski definition) is 4. The number of hydrogen-bond donors (Lipinski definition) is 0. The molecule has 3 aromatic rings. The molecule has 1 unspecified atom stereocenters. The SMILES string of the molecule is CCCN1CCN(Cc2cccc(C)n2)CC(Cc2ccccc2-c2ccncc2)C1=O. The number of nitrogens with zero attached hydrogens (tertiary/aromatic N) is 4. The van der Waals surface area contributed by atoms with Gasteiger partial charge in [-0.3, -0.25) is 19.7 Å². The molecule has 1 aliphatic rings. The molecule has 1 atom stereocenters. The van der Waals surface area contributed by atoms with Gasteiger partial charge in [0.2, 0.25) is 5.91 Å². The van der Waals surface area contributed by atoms with Crippen LogP contribution in [-0.4, -0.2) is 51.9 Å². The van der Waals surface area contributed by atoms with E-state index in [4.69, 9.17) is 0 Å². The van der Waals surface area contributed by atoms with Crippen molar-refractivity contribution in [2.24, 2.45) is 5.92 Å². The molecule has 4 rings (SSSR count). The van der Waals surface area contributed by atoms with E-state index in [-0.39, 0.29) is 11.8 Å². The molecule has 2 aromatic heterocycles. The molecule has 1 aliphatic heterocycles. The molecule has 0 saturated carbocycles. The number of carbonyl (C=O) groups excluding carboxylic acids is 1. The molecular formula is C27H32N4O. The number of amides is 1. The lowest BCUT2D eigenvalue weighted by molar-refractivity contribution is -0.134. The van der Waals surface area contributed by atoms with Gasteiger partial charge in [0.05, 0.1) is 11.6 Å². The van der Waals surface area contributed by atoms with E-state index in [1.54, 1.807) is 0 Å². The van der Waals surface area contributed by atoms with Crippen molar-refractivity contribution in [3.8, 4) is 11.1 Å². The second-order valence-corrected chi connectivity index (χ2v) is 8.62. The molecule has 0 N–H and O–H groups in total. The summed E-state index contributed by atoms with van der Waals surface area (Å²) in [5.41, 5.74) is 5.63. The Hall–Kier alpha value is -3.05. The van der Waals surface area contributed by atoms with Gasteiger partial charge in [0, 0.05) is 50.8 Å². The van der Waals surface area contributed by atoms with Crippen molar-refractivity contribution in [3.63, 3.8) is 0 Å². The molecular weight excluding hydrogens is 396 g/mol. The Kier molecular flexibility index (Phi) is 7.28. The van der Waals surface area contributed by atoms with Crippen molar-refractivity contribution in [2.45, 2.75) is 33.2 Å². The smallest absolute Gasteiger partial charge is 0.227 e. The van der Waals surface area contributed by atoms with Crippen molar-refractivity contribution in [3.05, 3.63) is 83.9 Å². The Morgan fingerprint density at radius 3 is 2.59 bits per heavy atom. The average molecular weight is 429 g/mol. The van der Waals surface area contributed by atoms with Gasteiger partial charge in [0.15, 0.2) is 0 Å². The molecule has 3 heterocycles. The van der Waals surface area contributed by atoms with Crippen molar-refractivity contribution in [1.29, 1.82) is 0 Å². The molecule has 1 saturated heterocycles. The van der Waals surface area contributed by atoms with Crippen molar-refractivity contribution < 1.29 is 4.79 Å². The molecule has 166 valence electrons. The fourth-order valence-corrected chi connectivity index (χ4v) is 4.59. The predicted octanol–water partition coefficient (Wildman–Crippen LogP) is 4.37. The largest absolute Gasteiger partial charge is 0.341 e.